The molecular formula is C22H28ClN3O2. The van der Waals surface area contributed by atoms with E-state index >= 15 is 0 Å². The van der Waals surface area contributed by atoms with E-state index in [-0.39, 0.29) is 30.7 Å². The molecule has 0 spiro atoms. The van der Waals surface area contributed by atoms with E-state index in [1.807, 2.05) is 44.2 Å². The van der Waals surface area contributed by atoms with Crippen LogP contribution in [0.5, 0.6) is 0 Å². The van der Waals surface area contributed by atoms with Crippen molar-refractivity contribution in [3.63, 3.8) is 0 Å². The molecule has 1 aliphatic carbocycles. The predicted octanol–water partition coefficient (Wildman–Crippen LogP) is 5.19. The summed E-state index contributed by atoms with van der Waals surface area (Å²) < 4.78 is 5.49. The van der Waals surface area contributed by atoms with Gasteiger partial charge in [-0.3, -0.25) is 4.90 Å². The highest BCUT2D eigenvalue weighted by molar-refractivity contribution is 6.30. The standard InChI is InChI=1S/C22H28ClN3O2/c1-15(2)26(21(27)28-14-16-8-6-5-7-9-16)13-19-24-18-10-11-22(3,4)12-17(18)20(23)25-19/h5-9,15H,10-14H2,1-4H3. The number of fused-ring (bicyclic) bond motifs is 1. The van der Waals surface area contributed by atoms with Crippen LogP contribution in [0.1, 0.15) is 56.8 Å². The van der Waals surface area contributed by atoms with Gasteiger partial charge in [0, 0.05) is 17.3 Å². The highest BCUT2D eigenvalue weighted by Gasteiger charge is 2.29. The van der Waals surface area contributed by atoms with E-state index < -0.39 is 0 Å². The van der Waals surface area contributed by atoms with Gasteiger partial charge in [-0.25, -0.2) is 14.8 Å². The third-order valence-corrected chi connectivity index (χ3v) is 5.47. The van der Waals surface area contributed by atoms with Crippen LogP contribution in [-0.2, 0) is 30.7 Å². The molecule has 0 N–H and O–H groups in total. The highest BCUT2D eigenvalue weighted by Crippen LogP contribution is 2.36. The smallest absolute Gasteiger partial charge is 0.410 e. The van der Waals surface area contributed by atoms with Gasteiger partial charge in [-0.1, -0.05) is 55.8 Å². The first-order valence-electron chi connectivity index (χ1n) is 9.77. The van der Waals surface area contributed by atoms with Crippen molar-refractivity contribution in [3.8, 4) is 0 Å². The van der Waals surface area contributed by atoms with Gasteiger partial charge in [0.2, 0.25) is 0 Å². The molecule has 0 saturated heterocycles. The average Bonchev–Trinajstić information content (AvgIpc) is 2.65. The van der Waals surface area contributed by atoms with Crippen LogP contribution in [0.4, 0.5) is 4.79 Å². The number of amides is 1. The van der Waals surface area contributed by atoms with E-state index in [1.165, 1.54) is 0 Å². The molecule has 3 rings (SSSR count). The lowest BCUT2D eigenvalue weighted by atomic mass is 9.76. The van der Waals surface area contributed by atoms with E-state index in [9.17, 15) is 4.79 Å². The summed E-state index contributed by atoms with van der Waals surface area (Å²) in [5.74, 6) is 0.564. The van der Waals surface area contributed by atoms with E-state index in [0.29, 0.717) is 11.0 Å². The molecule has 6 heteroatoms. The minimum atomic E-state index is -0.377. The molecule has 0 bridgehead atoms. The van der Waals surface area contributed by atoms with E-state index in [4.69, 9.17) is 21.3 Å². The number of nitrogens with zero attached hydrogens (tertiary/aromatic N) is 3. The molecule has 28 heavy (non-hydrogen) atoms. The molecule has 0 fully saturated rings. The molecule has 1 aliphatic rings. The molecule has 0 radical (unpaired) electrons. The van der Waals surface area contributed by atoms with Crippen molar-refractivity contribution in [2.24, 2.45) is 5.41 Å². The summed E-state index contributed by atoms with van der Waals surface area (Å²) in [5.41, 5.74) is 3.22. The molecule has 1 amide bonds. The minimum Gasteiger partial charge on any atom is -0.445 e. The number of halogens is 1. The lowest BCUT2D eigenvalue weighted by Gasteiger charge is -2.31. The second-order valence-electron chi connectivity index (χ2n) is 8.46. The highest BCUT2D eigenvalue weighted by atomic mass is 35.5. The van der Waals surface area contributed by atoms with Crippen molar-refractivity contribution in [3.05, 3.63) is 58.1 Å². The van der Waals surface area contributed by atoms with Crippen molar-refractivity contribution in [1.82, 2.24) is 14.9 Å². The van der Waals surface area contributed by atoms with Crippen LogP contribution >= 0.6 is 11.6 Å². The van der Waals surface area contributed by atoms with Gasteiger partial charge in [0.25, 0.3) is 0 Å². The zero-order valence-electron chi connectivity index (χ0n) is 17.0. The molecule has 1 aromatic carbocycles. The van der Waals surface area contributed by atoms with Crippen LogP contribution in [0, 0.1) is 5.41 Å². The molecule has 5 nitrogen and oxygen atoms in total. The molecular weight excluding hydrogens is 374 g/mol. The summed E-state index contributed by atoms with van der Waals surface area (Å²) in [5, 5.41) is 0.508. The number of aryl methyl sites for hydroxylation is 1. The second kappa shape index (κ2) is 8.48. The maximum atomic E-state index is 12.6. The molecule has 1 heterocycles. The van der Waals surface area contributed by atoms with Gasteiger partial charge in [-0.15, -0.1) is 0 Å². The first kappa shape index (κ1) is 20.6. The predicted molar refractivity (Wildman–Crippen MR) is 110 cm³/mol. The summed E-state index contributed by atoms with van der Waals surface area (Å²) in [6, 6.07) is 9.60. The van der Waals surface area contributed by atoms with Crippen molar-refractivity contribution in [1.29, 1.82) is 0 Å². The van der Waals surface area contributed by atoms with Gasteiger partial charge in [-0.2, -0.15) is 0 Å². The third-order valence-electron chi connectivity index (χ3n) is 5.16. The second-order valence-corrected chi connectivity index (χ2v) is 8.82. The van der Waals surface area contributed by atoms with Crippen LogP contribution in [0.15, 0.2) is 30.3 Å². The minimum absolute atomic E-state index is 0.0411. The van der Waals surface area contributed by atoms with Crippen molar-refractivity contribution >= 4 is 17.7 Å². The van der Waals surface area contributed by atoms with Crippen LogP contribution < -0.4 is 0 Å². The molecule has 150 valence electrons. The largest absolute Gasteiger partial charge is 0.445 e. The van der Waals surface area contributed by atoms with Gasteiger partial charge >= 0.3 is 6.09 Å². The van der Waals surface area contributed by atoms with E-state index in [2.05, 4.69) is 18.8 Å². The Bertz CT molecular complexity index is 837. The summed E-state index contributed by atoms with van der Waals surface area (Å²) in [7, 11) is 0. The number of hydrogen-bond donors (Lipinski definition) is 0. The number of carbonyl (C=O) groups excluding carboxylic acids is 1. The fourth-order valence-corrected chi connectivity index (χ4v) is 3.71. The van der Waals surface area contributed by atoms with Crippen molar-refractivity contribution in [2.75, 3.05) is 0 Å². The van der Waals surface area contributed by atoms with Gasteiger partial charge < -0.3 is 4.74 Å². The Morgan fingerprint density at radius 2 is 1.96 bits per heavy atom. The quantitative estimate of drug-likeness (QED) is 0.646. The summed E-state index contributed by atoms with van der Waals surface area (Å²) in [6.07, 6.45) is 2.46. The van der Waals surface area contributed by atoms with Crippen LogP contribution in [0.25, 0.3) is 0 Å². The van der Waals surface area contributed by atoms with E-state index in [0.717, 1.165) is 36.1 Å². The number of hydrogen-bond acceptors (Lipinski definition) is 4. The number of aromatic nitrogens is 2. The van der Waals surface area contributed by atoms with Crippen LogP contribution in [-0.4, -0.2) is 27.0 Å². The molecule has 0 atom stereocenters. The first-order valence-corrected chi connectivity index (χ1v) is 10.1. The molecule has 1 aromatic heterocycles. The number of benzene rings is 1. The normalized spacial score (nSPS) is 15.2. The number of carbonyl (C=O) groups is 1. The Labute approximate surface area is 172 Å². The first-order chi connectivity index (χ1) is 13.2. The van der Waals surface area contributed by atoms with Crippen LogP contribution in [0.2, 0.25) is 5.15 Å². The topological polar surface area (TPSA) is 55.3 Å². The molecule has 0 saturated carbocycles. The summed E-state index contributed by atoms with van der Waals surface area (Å²) in [4.78, 5) is 23.5. The van der Waals surface area contributed by atoms with Gasteiger partial charge in [0.15, 0.2) is 0 Å². The Kier molecular flexibility index (Phi) is 6.23. The average molecular weight is 402 g/mol. The maximum absolute atomic E-state index is 12.6. The van der Waals surface area contributed by atoms with Crippen LogP contribution in [0.3, 0.4) is 0 Å². The monoisotopic (exact) mass is 401 g/mol. The zero-order valence-corrected chi connectivity index (χ0v) is 17.8. The molecule has 0 unspecified atom stereocenters. The lowest BCUT2D eigenvalue weighted by molar-refractivity contribution is 0.0818. The Balaban J connectivity index is 1.72. The van der Waals surface area contributed by atoms with Crippen molar-refractivity contribution in [2.45, 2.75) is 66.2 Å². The summed E-state index contributed by atoms with van der Waals surface area (Å²) in [6.45, 7) is 8.90. The van der Waals surface area contributed by atoms with Crippen molar-refractivity contribution < 1.29 is 9.53 Å². The Morgan fingerprint density at radius 1 is 1.25 bits per heavy atom. The van der Waals surface area contributed by atoms with Gasteiger partial charge in [0.1, 0.15) is 17.6 Å². The Hall–Kier alpha value is -2.14. The van der Waals surface area contributed by atoms with Gasteiger partial charge in [0.05, 0.1) is 6.54 Å². The zero-order chi connectivity index (χ0) is 20.3. The lowest BCUT2D eigenvalue weighted by Crippen LogP contribution is -2.37. The third kappa shape index (κ3) is 5.02. The van der Waals surface area contributed by atoms with E-state index in [1.54, 1.807) is 4.90 Å². The maximum Gasteiger partial charge on any atom is 0.410 e. The van der Waals surface area contributed by atoms with Gasteiger partial charge in [-0.05, 0) is 44.1 Å². The number of rotatable bonds is 5. The SMILES string of the molecule is CC(C)N(Cc1nc(Cl)c2c(n1)CCC(C)(C)C2)C(=O)OCc1ccccc1. The Morgan fingerprint density at radius 3 is 2.64 bits per heavy atom. The fourth-order valence-electron chi connectivity index (χ4n) is 3.44. The molecule has 2 aromatic rings. The molecule has 0 aliphatic heterocycles. The fraction of sp³-hybridized carbons (Fsp3) is 0.500. The number of ether oxygens (including phenoxy) is 1. The summed E-state index contributed by atoms with van der Waals surface area (Å²) >= 11 is 6.47.